The third-order valence-electron chi connectivity index (χ3n) is 9.14. The van der Waals surface area contributed by atoms with Gasteiger partial charge in [-0.1, -0.05) is 145 Å². The van der Waals surface area contributed by atoms with Gasteiger partial charge < -0.3 is 24.6 Å². The van der Waals surface area contributed by atoms with Crippen molar-refractivity contribution in [1.82, 2.24) is 0 Å². The SMILES string of the molecule is CCCCC/C=C/C/C=C/C/C=C/CCCCCCC(=O)OC[C@H](COP(=O)(O)OC[C@@H](O)CO)OC(=O)CCCCCCCCC/C=C/C/C=C/CCCCC. The molecule has 10 nitrogen and oxygen atoms in total. The molecule has 0 aliphatic carbocycles. The first-order chi connectivity index (χ1) is 27.7. The number of ether oxygens (including phenoxy) is 2. The molecule has 0 bridgehead atoms. The highest BCUT2D eigenvalue weighted by atomic mass is 31.2. The van der Waals surface area contributed by atoms with Crippen molar-refractivity contribution in [2.24, 2.45) is 0 Å². The Balaban J connectivity index is 4.35. The number of aliphatic hydroxyl groups is 2. The summed E-state index contributed by atoms with van der Waals surface area (Å²) in [6, 6.07) is 0. The van der Waals surface area contributed by atoms with Crippen molar-refractivity contribution >= 4 is 19.8 Å². The van der Waals surface area contributed by atoms with E-state index in [4.69, 9.17) is 19.1 Å². The quantitative estimate of drug-likeness (QED) is 0.0235. The minimum absolute atomic E-state index is 0.168. The number of carbonyl (C=O) groups is 2. The van der Waals surface area contributed by atoms with Crippen LogP contribution in [0.25, 0.3) is 0 Å². The number of allylic oxidation sites excluding steroid dienone is 10. The van der Waals surface area contributed by atoms with Gasteiger partial charge in [-0.2, -0.15) is 0 Å². The van der Waals surface area contributed by atoms with E-state index in [0.717, 1.165) is 77.0 Å². The fourth-order valence-corrected chi connectivity index (χ4v) is 6.47. The number of phosphoric ester groups is 1. The average molecular weight is 825 g/mol. The van der Waals surface area contributed by atoms with Crippen molar-refractivity contribution in [1.29, 1.82) is 0 Å². The van der Waals surface area contributed by atoms with Gasteiger partial charge >= 0.3 is 19.8 Å². The minimum atomic E-state index is -4.63. The molecule has 0 aliphatic heterocycles. The van der Waals surface area contributed by atoms with E-state index < -0.39 is 51.8 Å². The van der Waals surface area contributed by atoms with Crippen LogP contribution in [0.2, 0.25) is 0 Å². The molecule has 3 N–H and O–H groups in total. The summed E-state index contributed by atoms with van der Waals surface area (Å²) in [4.78, 5) is 35.0. The highest BCUT2D eigenvalue weighted by Crippen LogP contribution is 2.43. The zero-order valence-electron chi connectivity index (χ0n) is 35.8. The van der Waals surface area contributed by atoms with Crippen LogP contribution in [0.3, 0.4) is 0 Å². The molecule has 0 fully saturated rings. The van der Waals surface area contributed by atoms with E-state index >= 15 is 0 Å². The van der Waals surface area contributed by atoms with E-state index in [1.54, 1.807) is 0 Å². The molecule has 3 atom stereocenters. The molecule has 0 spiro atoms. The van der Waals surface area contributed by atoms with Crippen LogP contribution in [0.4, 0.5) is 0 Å². The average Bonchev–Trinajstić information content (AvgIpc) is 3.20. The molecule has 0 aromatic heterocycles. The summed E-state index contributed by atoms with van der Waals surface area (Å²) >= 11 is 0. The maximum atomic E-state index is 12.6. The van der Waals surface area contributed by atoms with Gasteiger partial charge in [0.15, 0.2) is 6.10 Å². The van der Waals surface area contributed by atoms with E-state index in [1.807, 2.05) is 0 Å². The molecule has 0 amide bonds. The predicted octanol–water partition coefficient (Wildman–Crippen LogP) is 11.9. The lowest BCUT2D eigenvalue weighted by molar-refractivity contribution is -0.161. The largest absolute Gasteiger partial charge is 0.472 e. The second-order valence-electron chi connectivity index (χ2n) is 14.7. The van der Waals surface area contributed by atoms with E-state index in [9.17, 15) is 24.2 Å². The minimum Gasteiger partial charge on any atom is -0.462 e. The Morgan fingerprint density at radius 1 is 0.526 bits per heavy atom. The van der Waals surface area contributed by atoms with Gasteiger partial charge in [-0.05, 0) is 83.5 Å². The van der Waals surface area contributed by atoms with Crippen molar-refractivity contribution in [3.8, 4) is 0 Å². The monoisotopic (exact) mass is 825 g/mol. The van der Waals surface area contributed by atoms with E-state index in [-0.39, 0.29) is 19.4 Å². The van der Waals surface area contributed by atoms with Crippen molar-refractivity contribution in [2.45, 2.75) is 193 Å². The van der Waals surface area contributed by atoms with Crippen LogP contribution in [0.15, 0.2) is 60.8 Å². The molecule has 0 aromatic carbocycles. The highest BCUT2D eigenvalue weighted by Gasteiger charge is 2.27. The highest BCUT2D eigenvalue weighted by molar-refractivity contribution is 7.47. The van der Waals surface area contributed by atoms with E-state index in [0.29, 0.717) is 12.8 Å². The molecule has 330 valence electrons. The van der Waals surface area contributed by atoms with Crippen LogP contribution in [0.5, 0.6) is 0 Å². The van der Waals surface area contributed by atoms with Gasteiger partial charge in [-0.3, -0.25) is 18.6 Å². The molecule has 0 rings (SSSR count). The van der Waals surface area contributed by atoms with Crippen LogP contribution in [0, 0.1) is 0 Å². The Kier molecular flexibility index (Phi) is 40.1. The summed E-state index contributed by atoms with van der Waals surface area (Å²) in [6.07, 6.45) is 46.0. The summed E-state index contributed by atoms with van der Waals surface area (Å²) in [5.74, 6) is -0.962. The van der Waals surface area contributed by atoms with Crippen LogP contribution in [-0.4, -0.2) is 65.7 Å². The van der Waals surface area contributed by atoms with Crippen LogP contribution >= 0.6 is 7.82 Å². The predicted molar refractivity (Wildman–Crippen MR) is 233 cm³/mol. The van der Waals surface area contributed by atoms with Crippen molar-refractivity contribution < 1.29 is 47.8 Å². The second kappa shape index (κ2) is 41.8. The van der Waals surface area contributed by atoms with Gasteiger partial charge in [0.1, 0.15) is 12.7 Å². The molecule has 11 heteroatoms. The first-order valence-corrected chi connectivity index (χ1v) is 23.7. The third kappa shape index (κ3) is 41.6. The normalized spacial score (nSPS) is 14.4. The Morgan fingerprint density at radius 3 is 1.37 bits per heavy atom. The maximum Gasteiger partial charge on any atom is 0.472 e. The molecule has 0 radical (unpaired) electrons. The lowest BCUT2D eigenvalue weighted by Gasteiger charge is -2.20. The molecule has 0 heterocycles. The van der Waals surface area contributed by atoms with Crippen molar-refractivity contribution in [3.63, 3.8) is 0 Å². The van der Waals surface area contributed by atoms with Gasteiger partial charge in [-0.15, -0.1) is 0 Å². The fourth-order valence-electron chi connectivity index (χ4n) is 5.68. The van der Waals surface area contributed by atoms with Gasteiger partial charge in [0.05, 0.1) is 19.8 Å². The first kappa shape index (κ1) is 54.7. The van der Waals surface area contributed by atoms with Crippen molar-refractivity contribution in [3.05, 3.63) is 60.8 Å². The second-order valence-corrected chi connectivity index (χ2v) is 16.2. The first-order valence-electron chi connectivity index (χ1n) is 22.2. The topological polar surface area (TPSA) is 149 Å². The molecule has 0 aromatic rings. The molecule has 1 unspecified atom stereocenters. The smallest absolute Gasteiger partial charge is 0.462 e. The zero-order chi connectivity index (χ0) is 41.9. The molecule has 57 heavy (non-hydrogen) atoms. The van der Waals surface area contributed by atoms with Crippen LogP contribution < -0.4 is 0 Å². The summed E-state index contributed by atoms with van der Waals surface area (Å²) in [5, 5.41) is 18.3. The molecule has 0 aliphatic rings. The molecule has 0 saturated heterocycles. The Bertz CT molecular complexity index is 1130. The van der Waals surface area contributed by atoms with Crippen molar-refractivity contribution in [2.75, 3.05) is 26.4 Å². The zero-order valence-corrected chi connectivity index (χ0v) is 36.7. The number of phosphoric acid groups is 1. The number of carbonyl (C=O) groups excluding carboxylic acids is 2. The van der Waals surface area contributed by atoms with Crippen LogP contribution in [0.1, 0.15) is 181 Å². The number of hydrogen-bond donors (Lipinski definition) is 3. The summed E-state index contributed by atoms with van der Waals surface area (Å²) in [7, 11) is -4.63. The molecule has 0 saturated carbocycles. The van der Waals surface area contributed by atoms with Gasteiger partial charge in [-0.25, -0.2) is 4.57 Å². The lowest BCUT2D eigenvalue weighted by Crippen LogP contribution is -2.29. The fraction of sp³-hybridized carbons (Fsp3) is 0.739. The Morgan fingerprint density at radius 2 is 0.912 bits per heavy atom. The standard InChI is InChI=1S/C46H81O10P/c1-3-5-7-9-11-13-15-17-19-21-23-25-27-29-31-33-35-37-45(49)53-41-44(42-55-57(51,52)54-40-43(48)39-47)56-46(50)38-36-34-32-30-28-26-24-22-20-18-16-14-12-10-8-6-4-2/h11-14,17-20,23,25,43-44,47-48H,3-10,15-16,21-22,24,26-42H2,1-2H3,(H,51,52)/b13-11+,14-12+,19-17+,20-18+,25-23+/t43-,44+/m0/s1. The lowest BCUT2D eigenvalue weighted by atomic mass is 10.1. The van der Waals surface area contributed by atoms with Gasteiger partial charge in [0.2, 0.25) is 0 Å². The molecular weight excluding hydrogens is 743 g/mol. The van der Waals surface area contributed by atoms with E-state index in [2.05, 4.69) is 79.1 Å². The maximum absolute atomic E-state index is 12.6. The Hall–Kier alpha value is -2.33. The number of unbranched alkanes of at least 4 members (excludes halogenated alkanes) is 17. The summed E-state index contributed by atoms with van der Waals surface area (Å²) in [6.45, 7) is 2.29. The number of esters is 2. The van der Waals surface area contributed by atoms with E-state index in [1.165, 1.54) is 64.2 Å². The number of rotatable bonds is 41. The summed E-state index contributed by atoms with van der Waals surface area (Å²) < 4.78 is 32.7. The number of aliphatic hydroxyl groups excluding tert-OH is 2. The Labute approximate surface area is 346 Å². The van der Waals surface area contributed by atoms with Crippen LogP contribution in [-0.2, 0) is 32.7 Å². The summed E-state index contributed by atoms with van der Waals surface area (Å²) in [5.41, 5.74) is 0. The van der Waals surface area contributed by atoms with Gasteiger partial charge in [0.25, 0.3) is 0 Å². The third-order valence-corrected chi connectivity index (χ3v) is 10.1. The van der Waals surface area contributed by atoms with Gasteiger partial charge in [0, 0.05) is 12.8 Å². The molecular formula is C46H81O10P. The number of hydrogen-bond acceptors (Lipinski definition) is 9.